The zero-order valence-corrected chi connectivity index (χ0v) is 13.2. The van der Waals surface area contributed by atoms with E-state index in [0.717, 1.165) is 0 Å². The van der Waals surface area contributed by atoms with E-state index in [1.54, 1.807) is 24.3 Å². The maximum absolute atomic E-state index is 12.3. The first-order valence-electron chi connectivity index (χ1n) is 6.36. The van der Waals surface area contributed by atoms with E-state index in [9.17, 15) is 8.42 Å². The SMILES string of the molecule is CC(C)[C@H](N)c1nnc(S(=O)(=O)Cc2ccccc2Cl)o1. The van der Waals surface area contributed by atoms with Crippen LogP contribution in [-0.2, 0) is 15.6 Å². The summed E-state index contributed by atoms with van der Waals surface area (Å²) in [6, 6.07) is 6.20. The van der Waals surface area contributed by atoms with Gasteiger partial charge in [-0.05, 0) is 17.5 Å². The van der Waals surface area contributed by atoms with Crippen molar-refractivity contribution in [3.63, 3.8) is 0 Å². The van der Waals surface area contributed by atoms with Crippen molar-refractivity contribution < 1.29 is 12.8 Å². The number of hydrogen-bond donors (Lipinski definition) is 1. The minimum atomic E-state index is -3.75. The van der Waals surface area contributed by atoms with Crippen molar-refractivity contribution in [2.45, 2.75) is 30.9 Å². The van der Waals surface area contributed by atoms with Gasteiger partial charge in [0.25, 0.3) is 0 Å². The first-order valence-corrected chi connectivity index (χ1v) is 8.39. The van der Waals surface area contributed by atoms with E-state index in [1.807, 2.05) is 13.8 Å². The number of rotatable bonds is 5. The van der Waals surface area contributed by atoms with Crippen LogP contribution >= 0.6 is 11.6 Å². The van der Waals surface area contributed by atoms with Gasteiger partial charge in [0.15, 0.2) is 0 Å². The Balaban J connectivity index is 2.27. The van der Waals surface area contributed by atoms with Crippen LogP contribution in [-0.4, -0.2) is 18.6 Å². The molecule has 0 fully saturated rings. The quantitative estimate of drug-likeness (QED) is 0.903. The molecule has 0 unspecified atom stereocenters. The Hall–Kier alpha value is -1.44. The van der Waals surface area contributed by atoms with Gasteiger partial charge >= 0.3 is 5.22 Å². The lowest BCUT2D eigenvalue weighted by Gasteiger charge is -2.09. The average molecular weight is 330 g/mol. The van der Waals surface area contributed by atoms with Crippen molar-refractivity contribution in [3.8, 4) is 0 Å². The van der Waals surface area contributed by atoms with Gasteiger partial charge in [0.05, 0.1) is 11.8 Å². The monoisotopic (exact) mass is 329 g/mol. The first-order chi connectivity index (χ1) is 9.81. The Kier molecular flexibility index (Phi) is 4.65. The molecule has 2 aromatic rings. The molecule has 114 valence electrons. The molecule has 0 spiro atoms. The van der Waals surface area contributed by atoms with E-state index in [0.29, 0.717) is 10.6 Å². The van der Waals surface area contributed by atoms with Crippen LogP contribution in [0.4, 0.5) is 0 Å². The molecule has 1 heterocycles. The van der Waals surface area contributed by atoms with E-state index in [1.165, 1.54) is 0 Å². The van der Waals surface area contributed by atoms with Gasteiger partial charge in [-0.2, -0.15) is 0 Å². The minimum absolute atomic E-state index is 0.0598. The van der Waals surface area contributed by atoms with Gasteiger partial charge in [0, 0.05) is 5.02 Å². The molecule has 8 heteroatoms. The number of benzene rings is 1. The third-order valence-electron chi connectivity index (χ3n) is 2.99. The summed E-state index contributed by atoms with van der Waals surface area (Å²) < 4.78 is 29.7. The zero-order valence-electron chi connectivity index (χ0n) is 11.7. The Labute approximate surface area is 128 Å². The van der Waals surface area contributed by atoms with Crippen molar-refractivity contribution >= 4 is 21.4 Å². The highest BCUT2D eigenvalue weighted by atomic mass is 35.5. The highest BCUT2D eigenvalue weighted by Gasteiger charge is 2.26. The van der Waals surface area contributed by atoms with Gasteiger partial charge in [-0.1, -0.05) is 48.7 Å². The van der Waals surface area contributed by atoms with Crippen LogP contribution in [0.5, 0.6) is 0 Å². The molecule has 6 nitrogen and oxygen atoms in total. The highest BCUT2D eigenvalue weighted by molar-refractivity contribution is 7.90. The summed E-state index contributed by atoms with van der Waals surface area (Å²) in [5.41, 5.74) is 6.34. The molecule has 0 aliphatic rings. The molecule has 0 saturated carbocycles. The van der Waals surface area contributed by atoms with Crippen molar-refractivity contribution in [3.05, 3.63) is 40.7 Å². The van der Waals surface area contributed by atoms with Crippen LogP contribution in [0.2, 0.25) is 5.02 Å². The molecule has 1 aromatic carbocycles. The molecule has 0 bridgehead atoms. The maximum Gasteiger partial charge on any atom is 0.335 e. The smallest absolute Gasteiger partial charge is 0.335 e. The number of aromatic nitrogens is 2. The molecule has 0 aliphatic heterocycles. The summed E-state index contributed by atoms with van der Waals surface area (Å²) in [6.07, 6.45) is 0. The molecule has 21 heavy (non-hydrogen) atoms. The second-order valence-corrected chi connectivity index (χ2v) is 7.30. The summed E-state index contributed by atoms with van der Waals surface area (Å²) in [5, 5.41) is 7.24. The van der Waals surface area contributed by atoms with Crippen LogP contribution in [0.3, 0.4) is 0 Å². The van der Waals surface area contributed by atoms with Crippen molar-refractivity contribution in [2.24, 2.45) is 11.7 Å². The predicted molar refractivity (Wildman–Crippen MR) is 78.4 cm³/mol. The van der Waals surface area contributed by atoms with Crippen LogP contribution in [0, 0.1) is 5.92 Å². The van der Waals surface area contributed by atoms with Gasteiger partial charge in [-0.25, -0.2) is 8.42 Å². The predicted octanol–water partition coefficient (Wildman–Crippen LogP) is 2.35. The normalized spacial score (nSPS) is 13.6. The number of halogens is 1. The van der Waals surface area contributed by atoms with Crippen molar-refractivity contribution in [1.82, 2.24) is 10.2 Å². The standard InChI is InChI=1S/C13H16ClN3O3S/c1-8(2)11(15)12-16-17-13(20-12)21(18,19)7-9-5-3-4-6-10(9)14/h3-6,8,11H,7,15H2,1-2H3/t11-/m0/s1. The molecule has 1 aromatic heterocycles. The molecular formula is C13H16ClN3O3S. The van der Waals surface area contributed by atoms with E-state index in [2.05, 4.69) is 10.2 Å². The summed E-state index contributed by atoms with van der Waals surface area (Å²) >= 11 is 5.96. The fourth-order valence-corrected chi connectivity index (χ4v) is 3.09. The van der Waals surface area contributed by atoms with E-state index in [-0.39, 0.29) is 17.6 Å². The van der Waals surface area contributed by atoms with Gasteiger partial charge in [-0.3, -0.25) is 0 Å². The van der Waals surface area contributed by atoms with E-state index < -0.39 is 21.1 Å². The Morgan fingerprint density at radius 1 is 1.29 bits per heavy atom. The molecule has 1 atom stereocenters. The van der Waals surface area contributed by atoms with Gasteiger partial charge in [0.1, 0.15) is 0 Å². The van der Waals surface area contributed by atoms with E-state index >= 15 is 0 Å². The molecule has 0 saturated heterocycles. The third kappa shape index (κ3) is 3.61. The van der Waals surface area contributed by atoms with Crippen LogP contribution in [0.1, 0.15) is 31.3 Å². The number of sulfone groups is 1. The molecule has 0 radical (unpaired) electrons. The highest BCUT2D eigenvalue weighted by Crippen LogP contribution is 2.23. The minimum Gasteiger partial charge on any atom is -0.411 e. The largest absolute Gasteiger partial charge is 0.411 e. The zero-order chi connectivity index (χ0) is 15.6. The second-order valence-electron chi connectivity index (χ2n) is 5.03. The molecule has 0 amide bonds. The van der Waals surface area contributed by atoms with Crippen molar-refractivity contribution in [1.29, 1.82) is 0 Å². The van der Waals surface area contributed by atoms with E-state index in [4.69, 9.17) is 21.8 Å². The summed E-state index contributed by atoms with van der Waals surface area (Å²) in [7, 11) is -3.75. The van der Waals surface area contributed by atoms with Gasteiger partial charge in [-0.15, -0.1) is 5.10 Å². The fraction of sp³-hybridized carbons (Fsp3) is 0.385. The average Bonchev–Trinajstić information content (AvgIpc) is 2.90. The second kappa shape index (κ2) is 6.13. The summed E-state index contributed by atoms with van der Waals surface area (Å²) in [6.45, 7) is 3.76. The Morgan fingerprint density at radius 3 is 2.57 bits per heavy atom. The number of nitrogens with zero attached hydrogens (tertiary/aromatic N) is 2. The third-order valence-corrected chi connectivity index (χ3v) is 4.75. The molecule has 0 aliphatic carbocycles. The number of hydrogen-bond acceptors (Lipinski definition) is 6. The molecule has 2 N–H and O–H groups in total. The Bertz CT molecular complexity index is 728. The van der Waals surface area contributed by atoms with Crippen molar-refractivity contribution in [2.75, 3.05) is 0 Å². The molecular weight excluding hydrogens is 314 g/mol. The molecule has 2 rings (SSSR count). The lowest BCUT2D eigenvalue weighted by Crippen LogP contribution is -2.17. The lowest BCUT2D eigenvalue weighted by atomic mass is 10.1. The van der Waals surface area contributed by atoms with Crippen LogP contribution < -0.4 is 5.73 Å². The topological polar surface area (TPSA) is 99.1 Å². The van der Waals surface area contributed by atoms with Gasteiger partial charge in [0.2, 0.25) is 15.7 Å². The fourth-order valence-electron chi connectivity index (χ4n) is 1.65. The first kappa shape index (κ1) is 15.9. The lowest BCUT2D eigenvalue weighted by molar-refractivity contribution is 0.341. The number of nitrogens with two attached hydrogens (primary N) is 1. The van der Waals surface area contributed by atoms with Gasteiger partial charge < -0.3 is 10.2 Å². The summed E-state index contributed by atoms with van der Waals surface area (Å²) in [5.74, 6) is -0.127. The maximum atomic E-state index is 12.3. The van der Waals surface area contributed by atoms with Crippen LogP contribution in [0.25, 0.3) is 0 Å². The summed E-state index contributed by atoms with van der Waals surface area (Å²) in [4.78, 5) is 0. The Morgan fingerprint density at radius 2 is 1.95 bits per heavy atom. The van der Waals surface area contributed by atoms with Crippen LogP contribution in [0.15, 0.2) is 33.9 Å².